The van der Waals surface area contributed by atoms with Gasteiger partial charge in [-0.15, -0.1) is 11.1 Å². The first kappa shape index (κ1) is 16.4. The van der Waals surface area contributed by atoms with Crippen LogP contribution in [0.25, 0.3) is 5.32 Å². The Morgan fingerprint density at radius 3 is 1.54 bits per heavy atom. The third kappa shape index (κ3) is 5.46. The van der Waals surface area contributed by atoms with Crippen molar-refractivity contribution in [1.82, 2.24) is 0 Å². The topological polar surface area (TPSA) is 14.1 Å². The molecule has 0 atom stereocenters. The third-order valence-corrected chi connectivity index (χ3v) is 2.30. The first-order valence-corrected chi connectivity index (χ1v) is 4.55. The van der Waals surface area contributed by atoms with E-state index in [-0.39, 0.29) is 46.5 Å². The van der Waals surface area contributed by atoms with Gasteiger partial charge < -0.3 is 17.7 Å². The van der Waals surface area contributed by atoms with Crippen LogP contribution < -0.4 is 12.4 Å². The Kier molecular flexibility index (Phi) is 6.57. The second-order valence-corrected chi connectivity index (χ2v) is 5.25. The van der Waals surface area contributed by atoms with Crippen molar-refractivity contribution in [3.63, 3.8) is 0 Å². The van der Waals surface area contributed by atoms with Crippen molar-refractivity contribution in [2.24, 2.45) is 5.92 Å². The summed E-state index contributed by atoms with van der Waals surface area (Å²) in [5.41, 5.74) is 0.419. The number of hydrogen-bond donors (Lipinski definition) is 0. The number of hydrogen-bond acceptors (Lipinski definition) is 0. The summed E-state index contributed by atoms with van der Waals surface area (Å²) < 4.78 is 0. The van der Waals surface area contributed by atoms with E-state index in [1.165, 1.54) is 12.8 Å². The molecule has 0 bridgehead atoms. The molecule has 0 amide bonds. The Hall–Kier alpha value is 1.02. The predicted molar refractivity (Wildman–Crippen MR) is 55.7 cm³/mol. The smallest absolute Gasteiger partial charge is 1.00 e. The Bertz CT molecular complexity index is 141. The van der Waals surface area contributed by atoms with Crippen LogP contribution in [0.4, 0.5) is 0 Å². The maximum Gasteiger partial charge on any atom is 2.00 e. The van der Waals surface area contributed by atoms with E-state index < -0.39 is 0 Å². The Morgan fingerprint density at radius 2 is 1.31 bits per heavy atom. The van der Waals surface area contributed by atoms with Crippen LogP contribution in [0.3, 0.4) is 0 Å². The van der Waals surface area contributed by atoms with Crippen LogP contribution in [0, 0.1) is 5.92 Å². The molecule has 1 saturated heterocycles. The summed E-state index contributed by atoms with van der Waals surface area (Å²) in [6, 6.07) is 0. The van der Waals surface area contributed by atoms with E-state index in [9.17, 15) is 0 Å². The molecule has 0 aromatic heterocycles. The van der Waals surface area contributed by atoms with Gasteiger partial charge in [-0.05, 0) is 5.92 Å². The average molecular weight is 214 g/mol. The summed E-state index contributed by atoms with van der Waals surface area (Å²) in [6.45, 7) is 11.3. The Labute approximate surface area is 105 Å². The molecule has 13 heavy (non-hydrogen) atoms. The average Bonchev–Trinajstić information content (AvgIpc) is 1.49. The third-order valence-electron chi connectivity index (χ3n) is 2.30. The molecule has 3 heteroatoms. The number of piperidine rings is 1. The van der Waals surface area contributed by atoms with Gasteiger partial charge in [0.05, 0.1) is 0 Å². The van der Waals surface area contributed by atoms with Gasteiger partial charge in [0.15, 0.2) is 0 Å². The summed E-state index contributed by atoms with van der Waals surface area (Å²) in [5, 5.41) is 4.80. The van der Waals surface area contributed by atoms with E-state index in [1.807, 2.05) is 0 Å². The zero-order valence-electron chi connectivity index (χ0n) is 9.52. The van der Waals surface area contributed by atoms with E-state index in [0.717, 1.165) is 5.92 Å². The molecule has 1 nitrogen and oxygen atoms in total. The fourth-order valence-corrected chi connectivity index (χ4v) is 2.69. The van der Waals surface area contributed by atoms with Crippen molar-refractivity contribution in [2.45, 2.75) is 58.5 Å². The molecule has 0 spiro atoms. The maximum atomic E-state index is 4.80. The fourth-order valence-electron chi connectivity index (χ4n) is 2.69. The van der Waals surface area contributed by atoms with Gasteiger partial charge in [0.25, 0.3) is 0 Å². The summed E-state index contributed by atoms with van der Waals surface area (Å²) in [5.74, 6) is 0.831. The van der Waals surface area contributed by atoms with E-state index in [2.05, 4.69) is 34.6 Å². The van der Waals surface area contributed by atoms with E-state index in [1.54, 1.807) is 0 Å². The fraction of sp³-hybridized carbons (Fsp3) is 1.00. The van der Waals surface area contributed by atoms with Gasteiger partial charge in [-0.3, -0.25) is 0 Å². The van der Waals surface area contributed by atoms with Crippen LogP contribution in [0.1, 0.15) is 47.5 Å². The van der Waals surface area contributed by atoms with Gasteiger partial charge in [0.2, 0.25) is 0 Å². The van der Waals surface area contributed by atoms with Gasteiger partial charge in [-0.1, -0.05) is 47.5 Å². The van der Waals surface area contributed by atoms with Crippen LogP contribution in [0.2, 0.25) is 0 Å². The molecule has 0 unspecified atom stereocenters. The standard InChI is InChI=1S/C10H20N.ClH.Mg/c1-8-6-9(2,3)11-10(4,5)7-8;;/h8H,6-7H2,1-5H3;1H;/q-1;;+2/p-1. The molecule has 74 valence electrons. The van der Waals surface area contributed by atoms with Gasteiger partial charge in [0, 0.05) is 0 Å². The number of nitrogens with zero attached hydrogens (tertiary/aromatic N) is 1. The molecule has 1 aliphatic rings. The SMILES string of the molecule is CC1CC(C)(C)[N-]C(C)(C)C1.[Cl-].[Mg+2]. The molecule has 1 rings (SSSR count). The van der Waals surface area contributed by atoms with Crippen LogP contribution in [-0.2, 0) is 0 Å². The van der Waals surface area contributed by atoms with Crippen LogP contribution in [-0.4, -0.2) is 34.1 Å². The van der Waals surface area contributed by atoms with Crippen LogP contribution in [0.5, 0.6) is 0 Å². The number of rotatable bonds is 0. The Morgan fingerprint density at radius 1 is 1.00 bits per heavy atom. The quantitative estimate of drug-likeness (QED) is 0.503. The summed E-state index contributed by atoms with van der Waals surface area (Å²) in [4.78, 5) is 0. The van der Waals surface area contributed by atoms with Gasteiger partial charge in [-0.2, -0.15) is 0 Å². The minimum absolute atomic E-state index is 0. The van der Waals surface area contributed by atoms with Crippen LogP contribution in [0.15, 0.2) is 0 Å². The molecular weight excluding hydrogens is 194 g/mol. The molecule has 1 heterocycles. The molecular formula is C10H20ClMgN. The zero-order chi connectivity index (χ0) is 8.70. The molecule has 0 N–H and O–H groups in total. The van der Waals surface area contributed by atoms with Crippen molar-refractivity contribution >= 4 is 23.1 Å². The second kappa shape index (κ2) is 5.20. The summed E-state index contributed by atoms with van der Waals surface area (Å²) in [7, 11) is 0. The first-order valence-electron chi connectivity index (χ1n) is 4.55. The molecule has 0 aromatic rings. The molecule has 1 fully saturated rings. The first-order chi connectivity index (χ1) is 4.81. The van der Waals surface area contributed by atoms with Gasteiger partial charge in [0.1, 0.15) is 0 Å². The molecule has 0 saturated carbocycles. The minimum atomic E-state index is 0. The zero-order valence-corrected chi connectivity index (χ0v) is 11.7. The van der Waals surface area contributed by atoms with Crippen molar-refractivity contribution < 1.29 is 12.4 Å². The molecule has 0 aromatic carbocycles. The summed E-state index contributed by atoms with van der Waals surface area (Å²) >= 11 is 0. The predicted octanol–water partition coefficient (Wildman–Crippen LogP) is -0.0296. The van der Waals surface area contributed by atoms with Crippen molar-refractivity contribution in [2.75, 3.05) is 0 Å². The molecule has 0 radical (unpaired) electrons. The van der Waals surface area contributed by atoms with Crippen molar-refractivity contribution in [1.29, 1.82) is 0 Å². The van der Waals surface area contributed by atoms with Gasteiger partial charge in [-0.25, -0.2) is 0 Å². The van der Waals surface area contributed by atoms with E-state index in [4.69, 9.17) is 5.32 Å². The molecule has 1 aliphatic heterocycles. The molecule has 0 aliphatic carbocycles. The second-order valence-electron chi connectivity index (χ2n) is 5.25. The normalized spacial score (nSPS) is 25.6. The maximum absolute atomic E-state index is 4.80. The van der Waals surface area contributed by atoms with E-state index in [0.29, 0.717) is 0 Å². The minimum Gasteiger partial charge on any atom is -1.00 e. The van der Waals surface area contributed by atoms with Crippen molar-refractivity contribution in [3.8, 4) is 0 Å². The van der Waals surface area contributed by atoms with E-state index >= 15 is 0 Å². The van der Waals surface area contributed by atoms with Crippen LogP contribution >= 0.6 is 0 Å². The monoisotopic (exact) mass is 213 g/mol. The number of halogens is 1. The summed E-state index contributed by atoms with van der Waals surface area (Å²) in [6.07, 6.45) is 2.49. The Balaban J connectivity index is 0. The van der Waals surface area contributed by atoms with Gasteiger partial charge >= 0.3 is 23.1 Å². The van der Waals surface area contributed by atoms with Crippen molar-refractivity contribution in [3.05, 3.63) is 5.32 Å². The largest absolute Gasteiger partial charge is 2.00 e.